The highest BCUT2D eigenvalue weighted by atomic mass is 16.8. The van der Waals surface area contributed by atoms with Crippen molar-refractivity contribution in [3.05, 3.63) is 0 Å². The molecule has 6 heteroatoms. The molecule has 0 aromatic carbocycles. The number of carbonyl (C=O) groups is 1. The minimum atomic E-state index is -0.824. The fourth-order valence-electron chi connectivity index (χ4n) is 2.96. The van der Waals surface area contributed by atoms with Crippen molar-refractivity contribution in [3.8, 4) is 0 Å². The minimum Gasteiger partial charge on any atom is -0.458 e. The highest BCUT2D eigenvalue weighted by Gasteiger charge is 2.60. The number of carbonyl (C=O) groups excluding carboxylic acids is 1. The van der Waals surface area contributed by atoms with Crippen LogP contribution >= 0.6 is 0 Å². The third kappa shape index (κ3) is 2.16. The van der Waals surface area contributed by atoms with Gasteiger partial charge in [-0.2, -0.15) is 0 Å². The Bertz CT molecular complexity index is 404. The summed E-state index contributed by atoms with van der Waals surface area (Å²) in [5.41, 5.74) is 0. The fraction of sp³-hybridized carbons (Fsp3) is 0.923. The molecule has 0 spiro atoms. The SMILES string of the molecule is C[C@@H]1OC(=O)[C@H]2OC(C)(C)O[C@H]2[C@@H]2OC(C)(C)O[C@@H]21. The minimum absolute atomic E-state index is 0.341. The molecule has 3 aliphatic rings. The van der Waals surface area contributed by atoms with Crippen molar-refractivity contribution in [1.29, 1.82) is 0 Å². The van der Waals surface area contributed by atoms with Gasteiger partial charge in [-0.25, -0.2) is 4.79 Å². The molecule has 0 bridgehead atoms. The van der Waals surface area contributed by atoms with E-state index in [4.69, 9.17) is 23.7 Å². The molecule has 0 unspecified atom stereocenters. The van der Waals surface area contributed by atoms with Gasteiger partial charge in [-0.3, -0.25) is 0 Å². The summed E-state index contributed by atoms with van der Waals surface area (Å²) in [7, 11) is 0. The predicted octanol–water partition coefficient (Wildman–Crippen LogP) is 0.972. The summed E-state index contributed by atoms with van der Waals surface area (Å²) in [6.07, 6.45) is -2.36. The van der Waals surface area contributed by atoms with Crippen LogP contribution in [-0.4, -0.2) is 48.1 Å². The molecule has 6 nitrogen and oxygen atoms in total. The molecule has 3 saturated heterocycles. The maximum absolute atomic E-state index is 12.0. The van der Waals surface area contributed by atoms with Crippen molar-refractivity contribution in [2.75, 3.05) is 0 Å². The van der Waals surface area contributed by atoms with Crippen LogP contribution in [0.4, 0.5) is 0 Å². The molecule has 5 atom stereocenters. The molecule has 0 radical (unpaired) electrons. The summed E-state index contributed by atoms with van der Waals surface area (Å²) in [5, 5.41) is 0. The molecule has 3 heterocycles. The van der Waals surface area contributed by atoms with Crippen LogP contribution in [0.25, 0.3) is 0 Å². The van der Waals surface area contributed by atoms with E-state index in [0.29, 0.717) is 0 Å². The average Bonchev–Trinajstić information content (AvgIpc) is 2.72. The first-order valence-corrected chi connectivity index (χ1v) is 6.60. The second-order valence-electron chi connectivity index (χ2n) is 6.23. The molecule has 0 aromatic rings. The maximum atomic E-state index is 12.0. The van der Waals surface area contributed by atoms with E-state index < -0.39 is 29.8 Å². The number of ether oxygens (including phenoxy) is 5. The highest BCUT2D eigenvalue weighted by molar-refractivity contribution is 5.76. The molecule has 108 valence electrons. The zero-order valence-corrected chi connectivity index (χ0v) is 11.8. The lowest BCUT2D eigenvalue weighted by Crippen LogP contribution is -2.43. The van der Waals surface area contributed by atoms with Crippen LogP contribution < -0.4 is 0 Å². The smallest absolute Gasteiger partial charge is 0.338 e. The van der Waals surface area contributed by atoms with Gasteiger partial charge in [0, 0.05) is 0 Å². The van der Waals surface area contributed by atoms with Crippen molar-refractivity contribution in [2.24, 2.45) is 0 Å². The first-order valence-electron chi connectivity index (χ1n) is 6.60. The Morgan fingerprint density at radius 3 is 2.05 bits per heavy atom. The van der Waals surface area contributed by atoms with E-state index in [1.165, 1.54) is 0 Å². The largest absolute Gasteiger partial charge is 0.458 e. The monoisotopic (exact) mass is 272 g/mol. The quantitative estimate of drug-likeness (QED) is 0.612. The topological polar surface area (TPSA) is 63.2 Å². The summed E-state index contributed by atoms with van der Waals surface area (Å²) < 4.78 is 28.6. The van der Waals surface area contributed by atoms with E-state index in [1.807, 2.05) is 13.8 Å². The number of esters is 1. The standard InChI is InChI=1S/C13H20O6/c1-6-7-8(17-12(2,3)16-7)9-10(11(14)15-6)19-13(4,5)18-9/h6-10H,1-5H3/t6-,7+,8+,9-,10-/m0/s1. The van der Waals surface area contributed by atoms with E-state index in [0.717, 1.165) is 0 Å². The molecule has 0 aromatic heterocycles. The molecular weight excluding hydrogens is 252 g/mol. The predicted molar refractivity (Wildman–Crippen MR) is 63.2 cm³/mol. The lowest BCUT2D eigenvalue weighted by molar-refractivity contribution is -0.183. The Hall–Kier alpha value is -0.690. The molecule has 3 aliphatic heterocycles. The number of hydrogen-bond donors (Lipinski definition) is 0. The van der Waals surface area contributed by atoms with Gasteiger partial charge in [0.2, 0.25) is 0 Å². The molecule has 3 fully saturated rings. The summed E-state index contributed by atoms with van der Waals surface area (Å²) in [6, 6.07) is 0. The van der Waals surface area contributed by atoms with Crippen LogP contribution in [0.2, 0.25) is 0 Å². The van der Waals surface area contributed by atoms with Crippen molar-refractivity contribution < 1.29 is 28.5 Å². The first-order chi connectivity index (χ1) is 8.69. The van der Waals surface area contributed by atoms with Crippen molar-refractivity contribution >= 4 is 5.97 Å². The normalized spacial score (nSPS) is 47.2. The van der Waals surface area contributed by atoms with Crippen molar-refractivity contribution in [2.45, 2.75) is 76.7 Å². The zero-order valence-electron chi connectivity index (χ0n) is 11.8. The zero-order chi connectivity index (χ0) is 14.0. The molecule has 0 N–H and O–H groups in total. The van der Waals surface area contributed by atoms with Gasteiger partial charge < -0.3 is 23.7 Å². The Morgan fingerprint density at radius 1 is 0.842 bits per heavy atom. The number of fused-ring (bicyclic) bond motifs is 3. The molecule has 0 amide bonds. The van der Waals surface area contributed by atoms with Crippen LogP contribution in [0.3, 0.4) is 0 Å². The van der Waals surface area contributed by atoms with Crippen molar-refractivity contribution in [1.82, 2.24) is 0 Å². The van der Waals surface area contributed by atoms with Gasteiger partial charge >= 0.3 is 5.97 Å². The van der Waals surface area contributed by atoms with E-state index >= 15 is 0 Å². The average molecular weight is 272 g/mol. The van der Waals surface area contributed by atoms with Gasteiger partial charge in [0.1, 0.15) is 24.4 Å². The highest BCUT2D eigenvalue weighted by Crippen LogP contribution is 2.42. The van der Waals surface area contributed by atoms with E-state index in [-0.39, 0.29) is 18.3 Å². The molecule has 0 saturated carbocycles. The maximum Gasteiger partial charge on any atom is 0.338 e. The van der Waals surface area contributed by atoms with Gasteiger partial charge in [-0.15, -0.1) is 0 Å². The van der Waals surface area contributed by atoms with E-state index in [2.05, 4.69) is 0 Å². The molecule has 0 aliphatic carbocycles. The Morgan fingerprint density at radius 2 is 1.37 bits per heavy atom. The lowest BCUT2D eigenvalue weighted by atomic mass is 10.0. The van der Waals surface area contributed by atoms with Gasteiger partial charge in [0.05, 0.1) is 0 Å². The van der Waals surface area contributed by atoms with E-state index in [1.54, 1.807) is 20.8 Å². The Labute approximate surface area is 112 Å². The van der Waals surface area contributed by atoms with Crippen LogP contribution in [0.1, 0.15) is 34.6 Å². The van der Waals surface area contributed by atoms with E-state index in [9.17, 15) is 4.79 Å². The lowest BCUT2D eigenvalue weighted by Gasteiger charge is -2.24. The first kappa shape index (κ1) is 13.3. The summed E-state index contributed by atoms with van der Waals surface area (Å²) >= 11 is 0. The number of cyclic esters (lactones) is 1. The summed E-state index contributed by atoms with van der Waals surface area (Å²) in [5.74, 6) is -1.95. The molecule has 19 heavy (non-hydrogen) atoms. The molecular formula is C13H20O6. The molecule has 3 rings (SSSR count). The third-order valence-electron chi connectivity index (χ3n) is 3.61. The van der Waals surface area contributed by atoms with Gasteiger partial charge in [0.15, 0.2) is 17.7 Å². The second-order valence-corrected chi connectivity index (χ2v) is 6.23. The second kappa shape index (κ2) is 3.91. The van der Waals surface area contributed by atoms with Gasteiger partial charge in [-0.1, -0.05) is 0 Å². The van der Waals surface area contributed by atoms with Gasteiger partial charge in [-0.05, 0) is 34.6 Å². The Balaban J connectivity index is 1.94. The third-order valence-corrected chi connectivity index (χ3v) is 3.61. The van der Waals surface area contributed by atoms with Crippen LogP contribution in [0.5, 0.6) is 0 Å². The fourth-order valence-corrected chi connectivity index (χ4v) is 2.96. The summed E-state index contributed by atoms with van der Waals surface area (Å²) in [4.78, 5) is 12.0. The Kier molecular flexibility index (Phi) is 2.74. The van der Waals surface area contributed by atoms with Crippen molar-refractivity contribution in [3.63, 3.8) is 0 Å². The summed E-state index contributed by atoms with van der Waals surface area (Å²) in [6.45, 7) is 9.02. The van der Waals surface area contributed by atoms with Crippen LogP contribution in [-0.2, 0) is 28.5 Å². The number of hydrogen-bond acceptors (Lipinski definition) is 6. The van der Waals surface area contributed by atoms with Crippen LogP contribution in [0, 0.1) is 0 Å². The van der Waals surface area contributed by atoms with Crippen LogP contribution in [0.15, 0.2) is 0 Å². The number of rotatable bonds is 0. The van der Waals surface area contributed by atoms with Gasteiger partial charge in [0.25, 0.3) is 0 Å².